The van der Waals surface area contributed by atoms with Gasteiger partial charge in [-0.25, -0.2) is 13.1 Å². The molecular weight excluding hydrogens is 583 g/mol. The Morgan fingerprint density at radius 2 is 1.58 bits per heavy atom. The summed E-state index contributed by atoms with van der Waals surface area (Å²) in [6.07, 6.45) is 2.69. The van der Waals surface area contributed by atoms with Crippen molar-refractivity contribution < 1.29 is 36.0 Å². The number of hydrogen-bond acceptors (Lipinski definition) is 5. The van der Waals surface area contributed by atoms with E-state index in [1.165, 1.54) is 12.5 Å². The third-order valence-corrected chi connectivity index (χ3v) is 9.96. The Bertz CT molecular complexity index is 1420. The molecule has 4 rings (SSSR count). The third-order valence-electron chi connectivity index (χ3n) is 8.14. The highest BCUT2D eigenvalue weighted by Crippen LogP contribution is 2.39. The van der Waals surface area contributed by atoms with Crippen LogP contribution < -0.4 is 4.72 Å². The van der Waals surface area contributed by atoms with Crippen molar-refractivity contribution in [1.29, 1.82) is 0 Å². The predicted molar refractivity (Wildman–Crippen MR) is 156 cm³/mol. The van der Waals surface area contributed by atoms with Crippen molar-refractivity contribution in [2.24, 2.45) is 11.8 Å². The van der Waals surface area contributed by atoms with Crippen LogP contribution in [0.25, 0.3) is 11.3 Å². The number of nitrogens with one attached hydrogen (secondary N) is 1. The zero-order chi connectivity index (χ0) is 32.2. The van der Waals surface area contributed by atoms with Crippen LogP contribution in [0.1, 0.15) is 94.3 Å². The van der Waals surface area contributed by atoms with Gasteiger partial charge in [-0.1, -0.05) is 32.3 Å². The number of halogens is 3. The van der Waals surface area contributed by atoms with Gasteiger partial charge in [-0.2, -0.15) is 22.8 Å². The minimum atomic E-state index is -4.89. The summed E-state index contributed by atoms with van der Waals surface area (Å²) in [6, 6.07) is 5.08. The molecule has 0 spiro atoms. The fraction of sp³-hybridized carbons (Fsp3) is 0.613. The number of sulfonamides is 1. The molecule has 8 nitrogen and oxygen atoms in total. The molecule has 1 amide bonds. The fourth-order valence-corrected chi connectivity index (χ4v) is 7.58. The molecule has 1 aliphatic heterocycles. The van der Waals surface area contributed by atoms with E-state index in [-0.39, 0.29) is 17.6 Å². The van der Waals surface area contributed by atoms with Crippen molar-refractivity contribution in [3.05, 3.63) is 41.1 Å². The Morgan fingerprint density at radius 1 is 1.00 bits per heavy atom. The molecule has 43 heavy (non-hydrogen) atoms. The molecule has 2 aliphatic rings. The Labute approximate surface area is 252 Å². The van der Waals surface area contributed by atoms with Crippen LogP contribution in [0.4, 0.5) is 13.2 Å². The third kappa shape index (κ3) is 8.80. The number of aromatic nitrogens is 1. The highest BCUT2D eigenvalue weighted by molar-refractivity contribution is 7.89. The molecule has 1 N–H and O–H groups in total. The average Bonchev–Trinajstić information content (AvgIpc) is 3.23. The lowest BCUT2D eigenvalue weighted by molar-refractivity contribution is -0.191. The normalized spacial score (nSPS) is 17.3. The summed E-state index contributed by atoms with van der Waals surface area (Å²) in [5.74, 6) is 0.827. The van der Waals surface area contributed by atoms with E-state index in [2.05, 4.69) is 11.6 Å². The molecule has 0 bridgehead atoms. The van der Waals surface area contributed by atoms with Crippen LogP contribution in [-0.2, 0) is 32.3 Å². The highest BCUT2D eigenvalue weighted by atomic mass is 32.2. The summed E-state index contributed by atoms with van der Waals surface area (Å²) in [7, 11) is -4.44. The van der Waals surface area contributed by atoms with Gasteiger partial charge in [0.25, 0.3) is 5.91 Å². The summed E-state index contributed by atoms with van der Waals surface area (Å²) < 4.78 is 73.2. The summed E-state index contributed by atoms with van der Waals surface area (Å²) in [5, 5.41) is 0. The Morgan fingerprint density at radius 3 is 2.12 bits per heavy atom. The van der Waals surface area contributed by atoms with Crippen molar-refractivity contribution in [2.75, 3.05) is 13.1 Å². The summed E-state index contributed by atoms with van der Waals surface area (Å²) >= 11 is 0. The maximum absolute atomic E-state index is 14.3. The van der Waals surface area contributed by atoms with E-state index in [1.807, 2.05) is 16.4 Å². The number of alkyl halides is 3. The average molecular weight is 626 g/mol. The number of amides is 1. The van der Waals surface area contributed by atoms with Gasteiger partial charge >= 0.3 is 12.3 Å². The topological polar surface area (TPSA) is 106 Å². The molecular formula is C31H42F3N3O5S. The summed E-state index contributed by atoms with van der Waals surface area (Å²) in [6.45, 7) is 10.7. The molecule has 1 aromatic carbocycles. The fourth-order valence-electron chi connectivity index (χ4n) is 5.95. The van der Waals surface area contributed by atoms with Gasteiger partial charge in [0.1, 0.15) is 0 Å². The van der Waals surface area contributed by atoms with E-state index >= 15 is 0 Å². The van der Waals surface area contributed by atoms with Gasteiger partial charge in [0.2, 0.25) is 10.0 Å². The Kier molecular flexibility index (Phi) is 11.1. The number of nitrogens with zero attached hydrogens (tertiary/aromatic N) is 2. The molecule has 1 saturated heterocycles. The van der Waals surface area contributed by atoms with Crippen LogP contribution in [0.3, 0.4) is 0 Å². The quantitative estimate of drug-likeness (QED) is 0.399. The molecule has 0 atom stereocenters. The second kappa shape index (κ2) is 13.8. The van der Waals surface area contributed by atoms with E-state index in [4.69, 9.17) is 9.59 Å². The number of carbonyl (C=O) groups is 1. The highest BCUT2D eigenvalue weighted by Gasteiger charge is 2.39. The lowest BCUT2D eigenvalue weighted by atomic mass is 9.89. The molecule has 1 aromatic heterocycles. The summed E-state index contributed by atoms with van der Waals surface area (Å²) in [4.78, 5) is 30.9. The van der Waals surface area contributed by atoms with E-state index in [9.17, 15) is 26.4 Å². The largest absolute Gasteiger partial charge is 0.417 e. The van der Waals surface area contributed by atoms with Crippen LogP contribution in [0.5, 0.6) is 0 Å². The second-order valence-corrected chi connectivity index (χ2v) is 14.4. The van der Waals surface area contributed by atoms with E-state index in [0.717, 1.165) is 56.4 Å². The van der Waals surface area contributed by atoms with Crippen molar-refractivity contribution in [3.8, 4) is 11.3 Å². The number of benzene rings is 1. The Hall–Kier alpha value is -2.95. The molecule has 1 saturated carbocycles. The van der Waals surface area contributed by atoms with Gasteiger partial charge in [-0.15, -0.1) is 0 Å². The number of carbonyl (C=O) groups excluding carboxylic acids is 3. The van der Waals surface area contributed by atoms with E-state index < -0.39 is 32.2 Å². The van der Waals surface area contributed by atoms with Gasteiger partial charge < -0.3 is 9.47 Å². The number of rotatable bonds is 6. The zero-order valence-electron chi connectivity index (χ0n) is 25.5. The van der Waals surface area contributed by atoms with Crippen LogP contribution in [0.2, 0.25) is 0 Å². The van der Waals surface area contributed by atoms with Gasteiger partial charge in [0.05, 0.1) is 16.0 Å². The smallest absolute Gasteiger partial charge is 0.344 e. The molecule has 2 fully saturated rings. The van der Waals surface area contributed by atoms with Crippen LogP contribution >= 0.6 is 0 Å². The maximum atomic E-state index is 14.3. The number of likely N-dealkylation sites (tertiary alicyclic amines) is 1. The van der Waals surface area contributed by atoms with Gasteiger partial charge in [0, 0.05) is 36.6 Å². The molecule has 2 aromatic rings. The first kappa shape index (κ1) is 34.5. The first-order chi connectivity index (χ1) is 20.0. The molecule has 2 heterocycles. The molecule has 238 valence electrons. The van der Waals surface area contributed by atoms with Crippen LogP contribution in [0, 0.1) is 18.8 Å². The summed E-state index contributed by atoms with van der Waals surface area (Å²) in [5.41, 5.74) is -0.179. The van der Waals surface area contributed by atoms with Gasteiger partial charge in [-0.05, 0) is 89.0 Å². The minimum absolute atomic E-state index is 0.0994. The molecule has 12 heteroatoms. The molecule has 0 unspecified atom stereocenters. The number of piperidine rings is 1. The molecule has 1 aliphatic carbocycles. The SMILES string of the molecule is Cc1c(C(=O)N2CCC(C)CC2)cc(-c2ccc(S(=O)(=O)NC(C)(C)C)c(C(F)(F)F)c2)n1CC1CCCCC1.O=C=O. The monoisotopic (exact) mass is 625 g/mol. The van der Waals surface area contributed by atoms with Crippen molar-refractivity contribution in [3.63, 3.8) is 0 Å². The van der Waals surface area contributed by atoms with Crippen molar-refractivity contribution in [1.82, 2.24) is 14.2 Å². The minimum Gasteiger partial charge on any atom is -0.344 e. The molecule has 0 radical (unpaired) electrons. The van der Waals surface area contributed by atoms with Gasteiger partial charge in [0.15, 0.2) is 0 Å². The maximum Gasteiger partial charge on any atom is 0.417 e. The van der Waals surface area contributed by atoms with Crippen LogP contribution in [0.15, 0.2) is 29.2 Å². The van der Waals surface area contributed by atoms with E-state index in [1.54, 1.807) is 26.8 Å². The van der Waals surface area contributed by atoms with E-state index in [0.29, 0.717) is 42.7 Å². The van der Waals surface area contributed by atoms with Crippen LogP contribution in [-0.4, -0.2) is 48.6 Å². The predicted octanol–water partition coefficient (Wildman–Crippen LogP) is 6.43. The standard InChI is InChI=1S/C30H42F3N3O3S.CO2/c1-20-13-15-35(16-14-20)28(37)24-18-26(36(21(24)2)19-22-9-7-6-8-10-22)23-11-12-27(25(17-23)30(31,32)33)40(38,39)34-29(3,4)5;2-1-3/h11-12,17-18,20,22,34H,6-10,13-16,19H2,1-5H3;. The first-order valence-corrected chi connectivity index (χ1v) is 16.2. The lowest BCUT2D eigenvalue weighted by Gasteiger charge is -2.30. The van der Waals surface area contributed by atoms with Crippen molar-refractivity contribution >= 4 is 22.1 Å². The van der Waals surface area contributed by atoms with Crippen molar-refractivity contribution in [2.45, 2.75) is 103 Å². The second-order valence-electron chi connectivity index (χ2n) is 12.8. The number of hydrogen-bond donors (Lipinski definition) is 1. The van der Waals surface area contributed by atoms with Gasteiger partial charge in [-0.3, -0.25) is 4.79 Å². The lowest BCUT2D eigenvalue weighted by Crippen LogP contribution is -2.41. The zero-order valence-corrected chi connectivity index (χ0v) is 26.3. The Balaban J connectivity index is 0.00000162. The first-order valence-electron chi connectivity index (χ1n) is 14.7.